The number of ether oxygens (including phenoxy) is 1. The van der Waals surface area contributed by atoms with E-state index in [1.54, 1.807) is 0 Å². The molecule has 1 atom stereocenters. The summed E-state index contributed by atoms with van der Waals surface area (Å²) in [5, 5.41) is 0. The molecule has 2 rings (SSSR count). The van der Waals surface area contributed by atoms with Gasteiger partial charge >= 0.3 is 0 Å². The molecule has 0 aliphatic carbocycles. The molecule has 0 aliphatic rings. The molecule has 0 spiro atoms. The summed E-state index contributed by atoms with van der Waals surface area (Å²) in [7, 11) is 0. The Bertz CT molecular complexity index is 593. The van der Waals surface area contributed by atoms with Crippen LogP contribution in [0.4, 0.5) is 0 Å². The van der Waals surface area contributed by atoms with Gasteiger partial charge in [-0.05, 0) is 42.2 Å². The van der Waals surface area contributed by atoms with Crippen LogP contribution in [0.1, 0.15) is 23.6 Å². The van der Waals surface area contributed by atoms with E-state index in [1.165, 1.54) is 16.7 Å². The van der Waals surface area contributed by atoms with E-state index < -0.39 is 0 Å². The number of hydrogen-bond donors (Lipinski definition) is 0. The maximum Gasteiger partial charge on any atom is 0.120 e. The van der Waals surface area contributed by atoms with E-state index in [1.807, 2.05) is 24.3 Å². The molecule has 20 heavy (non-hydrogen) atoms. The minimum absolute atomic E-state index is 0.268. The fraction of sp³-hybridized carbons (Fsp3) is 0.263. The Morgan fingerprint density at radius 2 is 1.90 bits per heavy atom. The topological polar surface area (TPSA) is 9.23 Å². The number of rotatable bonds is 5. The number of terminal acetylenes is 1. The lowest BCUT2D eigenvalue weighted by Gasteiger charge is -2.11. The van der Waals surface area contributed by atoms with E-state index in [2.05, 4.69) is 44.0 Å². The highest BCUT2D eigenvalue weighted by Gasteiger charge is 2.05. The second-order valence-corrected chi connectivity index (χ2v) is 5.13. The van der Waals surface area contributed by atoms with Crippen molar-refractivity contribution in [2.24, 2.45) is 5.92 Å². The molecule has 0 radical (unpaired) electrons. The molecule has 0 bridgehead atoms. The van der Waals surface area contributed by atoms with Crippen LogP contribution in [0.5, 0.6) is 5.75 Å². The molecule has 2 aromatic rings. The molecule has 1 unspecified atom stereocenters. The maximum absolute atomic E-state index is 5.82. The molecule has 0 amide bonds. The molecule has 0 heterocycles. The first-order valence-corrected chi connectivity index (χ1v) is 6.91. The lowest BCUT2D eigenvalue weighted by Crippen LogP contribution is -2.00. The molecular formula is C19H20O. The largest absolute Gasteiger partial charge is 0.489 e. The fourth-order valence-corrected chi connectivity index (χ4v) is 2.12. The van der Waals surface area contributed by atoms with Crippen LogP contribution < -0.4 is 4.74 Å². The van der Waals surface area contributed by atoms with E-state index in [0.717, 1.165) is 12.2 Å². The van der Waals surface area contributed by atoms with Gasteiger partial charge in [-0.25, -0.2) is 0 Å². The second kappa shape index (κ2) is 6.82. The van der Waals surface area contributed by atoms with Crippen molar-refractivity contribution in [1.82, 2.24) is 0 Å². The van der Waals surface area contributed by atoms with E-state index in [9.17, 15) is 0 Å². The summed E-state index contributed by atoms with van der Waals surface area (Å²) in [6, 6.07) is 16.4. The summed E-state index contributed by atoms with van der Waals surface area (Å²) in [5.74, 6) is 3.94. The lowest BCUT2D eigenvalue weighted by molar-refractivity contribution is 0.306. The summed E-state index contributed by atoms with van der Waals surface area (Å²) in [6.07, 6.45) is 6.36. The monoisotopic (exact) mass is 264 g/mol. The van der Waals surface area contributed by atoms with Crippen molar-refractivity contribution in [3.05, 3.63) is 65.2 Å². The van der Waals surface area contributed by atoms with E-state index in [0.29, 0.717) is 6.61 Å². The highest BCUT2D eigenvalue weighted by atomic mass is 16.5. The van der Waals surface area contributed by atoms with E-state index >= 15 is 0 Å². The van der Waals surface area contributed by atoms with Crippen molar-refractivity contribution in [3.63, 3.8) is 0 Å². The maximum atomic E-state index is 5.82. The van der Waals surface area contributed by atoms with Crippen molar-refractivity contribution in [2.45, 2.75) is 26.9 Å². The SMILES string of the molecule is C#CC(C)Cc1ccc(OCc2ccccc2)cc1C. The van der Waals surface area contributed by atoms with Crippen molar-refractivity contribution in [3.8, 4) is 18.1 Å². The van der Waals surface area contributed by atoms with Crippen molar-refractivity contribution in [2.75, 3.05) is 0 Å². The zero-order valence-electron chi connectivity index (χ0n) is 12.1. The quantitative estimate of drug-likeness (QED) is 0.728. The standard InChI is InChI=1S/C19H20O/c1-4-15(2)12-18-10-11-19(13-16(18)3)20-14-17-8-6-5-7-9-17/h1,5-11,13,15H,12,14H2,2-3H3. The second-order valence-electron chi connectivity index (χ2n) is 5.13. The molecular weight excluding hydrogens is 244 g/mol. The summed E-state index contributed by atoms with van der Waals surface area (Å²) in [4.78, 5) is 0. The van der Waals surface area contributed by atoms with Crippen LogP contribution in [0.3, 0.4) is 0 Å². The predicted octanol–water partition coefficient (Wildman–Crippen LogP) is 4.39. The van der Waals surface area contributed by atoms with Crippen molar-refractivity contribution < 1.29 is 4.74 Å². The van der Waals surface area contributed by atoms with Gasteiger partial charge in [-0.15, -0.1) is 12.3 Å². The van der Waals surface area contributed by atoms with Gasteiger partial charge in [0.2, 0.25) is 0 Å². The van der Waals surface area contributed by atoms with Gasteiger partial charge in [0.05, 0.1) is 0 Å². The Balaban J connectivity index is 2.00. The minimum Gasteiger partial charge on any atom is -0.489 e. The van der Waals surface area contributed by atoms with E-state index in [-0.39, 0.29) is 5.92 Å². The van der Waals surface area contributed by atoms with Crippen LogP contribution in [-0.4, -0.2) is 0 Å². The molecule has 2 aromatic carbocycles. The summed E-state index contributed by atoms with van der Waals surface area (Å²) >= 11 is 0. The summed E-state index contributed by atoms with van der Waals surface area (Å²) in [5.41, 5.74) is 3.70. The van der Waals surface area contributed by atoms with Crippen LogP contribution in [0, 0.1) is 25.2 Å². The van der Waals surface area contributed by atoms with Gasteiger partial charge in [0.15, 0.2) is 0 Å². The summed E-state index contributed by atoms with van der Waals surface area (Å²) < 4.78 is 5.82. The number of aryl methyl sites for hydroxylation is 1. The zero-order valence-corrected chi connectivity index (χ0v) is 12.1. The first-order valence-electron chi connectivity index (χ1n) is 6.91. The number of benzene rings is 2. The third-order valence-corrected chi connectivity index (χ3v) is 3.37. The normalized spacial score (nSPS) is 11.7. The lowest BCUT2D eigenvalue weighted by atomic mass is 9.98. The highest BCUT2D eigenvalue weighted by molar-refractivity contribution is 5.35. The average molecular weight is 264 g/mol. The molecule has 0 saturated carbocycles. The Morgan fingerprint density at radius 3 is 2.55 bits per heavy atom. The van der Waals surface area contributed by atoms with Gasteiger partial charge < -0.3 is 4.74 Å². The van der Waals surface area contributed by atoms with Gasteiger partial charge in [-0.1, -0.05) is 43.3 Å². The van der Waals surface area contributed by atoms with Gasteiger partial charge in [-0.2, -0.15) is 0 Å². The van der Waals surface area contributed by atoms with Crippen LogP contribution in [0.25, 0.3) is 0 Å². The van der Waals surface area contributed by atoms with Crippen LogP contribution >= 0.6 is 0 Å². The van der Waals surface area contributed by atoms with Gasteiger partial charge in [0.25, 0.3) is 0 Å². The first kappa shape index (κ1) is 14.2. The van der Waals surface area contributed by atoms with Gasteiger partial charge in [0, 0.05) is 5.92 Å². The highest BCUT2D eigenvalue weighted by Crippen LogP contribution is 2.20. The third kappa shape index (κ3) is 3.90. The molecule has 1 nitrogen and oxygen atoms in total. The van der Waals surface area contributed by atoms with Crippen LogP contribution in [0.2, 0.25) is 0 Å². The Hall–Kier alpha value is -2.20. The molecule has 0 N–H and O–H groups in total. The zero-order chi connectivity index (χ0) is 14.4. The molecule has 0 fully saturated rings. The van der Waals surface area contributed by atoms with Crippen molar-refractivity contribution in [1.29, 1.82) is 0 Å². The Labute approximate surface area is 121 Å². The minimum atomic E-state index is 0.268. The first-order chi connectivity index (χ1) is 9.69. The number of hydrogen-bond acceptors (Lipinski definition) is 1. The average Bonchev–Trinajstić information content (AvgIpc) is 2.48. The van der Waals surface area contributed by atoms with Crippen LogP contribution in [-0.2, 0) is 13.0 Å². The molecule has 0 aliphatic heterocycles. The Kier molecular flexibility index (Phi) is 4.85. The fourth-order valence-electron chi connectivity index (χ4n) is 2.12. The van der Waals surface area contributed by atoms with Gasteiger partial charge in [0.1, 0.15) is 12.4 Å². The van der Waals surface area contributed by atoms with Gasteiger partial charge in [-0.3, -0.25) is 0 Å². The van der Waals surface area contributed by atoms with E-state index in [4.69, 9.17) is 11.2 Å². The van der Waals surface area contributed by atoms with Crippen molar-refractivity contribution >= 4 is 0 Å². The molecule has 0 saturated heterocycles. The Morgan fingerprint density at radius 1 is 1.15 bits per heavy atom. The summed E-state index contributed by atoms with van der Waals surface area (Å²) in [6.45, 7) is 4.77. The molecule has 0 aromatic heterocycles. The molecule has 1 heteroatoms. The predicted molar refractivity (Wildman–Crippen MR) is 83.7 cm³/mol. The smallest absolute Gasteiger partial charge is 0.120 e. The third-order valence-electron chi connectivity index (χ3n) is 3.37. The molecule has 102 valence electrons. The van der Waals surface area contributed by atoms with Crippen LogP contribution in [0.15, 0.2) is 48.5 Å².